The van der Waals surface area contributed by atoms with Gasteiger partial charge < -0.3 is 10.2 Å². The topological polar surface area (TPSA) is 49.4 Å². The fourth-order valence-electron chi connectivity index (χ4n) is 3.28. The Morgan fingerprint density at radius 3 is 2.43 bits per heavy atom. The number of amides is 2. The number of nitrogens with one attached hydrogen (secondary N) is 1. The molecule has 148 valence electrons. The summed E-state index contributed by atoms with van der Waals surface area (Å²) in [6.07, 6.45) is 0.930. The van der Waals surface area contributed by atoms with Crippen molar-refractivity contribution in [2.75, 3.05) is 12.3 Å². The Morgan fingerprint density at radius 2 is 1.79 bits per heavy atom. The van der Waals surface area contributed by atoms with Crippen LogP contribution in [-0.4, -0.2) is 35.1 Å². The molecule has 1 aliphatic heterocycles. The molecule has 1 saturated heterocycles. The van der Waals surface area contributed by atoms with E-state index in [0.29, 0.717) is 23.8 Å². The molecule has 0 spiro atoms. The van der Waals surface area contributed by atoms with Crippen molar-refractivity contribution in [2.24, 2.45) is 5.92 Å². The maximum Gasteiger partial charge on any atom is 0.255 e. The van der Waals surface area contributed by atoms with Crippen LogP contribution in [-0.2, 0) is 4.79 Å². The van der Waals surface area contributed by atoms with Crippen molar-refractivity contribution >= 4 is 23.6 Å². The van der Waals surface area contributed by atoms with Crippen LogP contribution in [0, 0.1) is 12.8 Å². The highest BCUT2D eigenvalue weighted by Crippen LogP contribution is 2.42. The lowest BCUT2D eigenvalue weighted by molar-refractivity contribution is -0.124. The molecule has 0 radical (unpaired) electrons. The Kier molecular flexibility index (Phi) is 6.79. The summed E-state index contributed by atoms with van der Waals surface area (Å²) in [5.41, 5.74) is 2.77. The van der Waals surface area contributed by atoms with Gasteiger partial charge in [0.05, 0.1) is 0 Å². The minimum Gasteiger partial charge on any atom is -0.354 e. The molecule has 0 aromatic heterocycles. The molecule has 1 heterocycles. The molecule has 2 amide bonds. The van der Waals surface area contributed by atoms with Gasteiger partial charge >= 0.3 is 0 Å². The molecule has 0 bridgehead atoms. The fraction of sp³-hybridized carbons (Fsp3) is 0.391. The van der Waals surface area contributed by atoms with E-state index in [1.165, 1.54) is 0 Å². The summed E-state index contributed by atoms with van der Waals surface area (Å²) in [5, 5.41) is 2.87. The summed E-state index contributed by atoms with van der Waals surface area (Å²) in [4.78, 5) is 28.0. The van der Waals surface area contributed by atoms with Crippen molar-refractivity contribution in [3.05, 3.63) is 71.3 Å². The van der Waals surface area contributed by atoms with E-state index in [9.17, 15) is 9.59 Å². The van der Waals surface area contributed by atoms with Crippen LogP contribution in [0.5, 0.6) is 0 Å². The Labute approximate surface area is 171 Å². The third-order valence-electron chi connectivity index (χ3n) is 4.94. The van der Waals surface area contributed by atoms with Crippen LogP contribution in [0.15, 0.2) is 54.6 Å². The second-order valence-electron chi connectivity index (χ2n) is 7.66. The lowest BCUT2D eigenvalue weighted by Gasteiger charge is -2.29. The van der Waals surface area contributed by atoms with Crippen LogP contribution >= 0.6 is 11.8 Å². The van der Waals surface area contributed by atoms with Gasteiger partial charge in [-0.25, -0.2) is 0 Å². The number of carbonyl (C=O) groups is 2. The standard InChI is InChI=1S/C23H28N2O2S/c1-16(2)13-14-24-21(26)20-15-28-23(19-7-5-4-6-8-19)25(20)22(27)18-11-9-17(3)10-12-18/h4-12,16,20,23H,13-15H2,1-3H3,(H,24,26). The predicted octanol–water partition coefficient (Wildman–Crippen LogP) is 4.41. The molecule has 1 N–H and O–H groups in total. The van der Waals surface area contributed by atoms with Crippen LogP contribution in [0.1, 0.15) is 47.1 Å². The van der Waals surface area contributed by atoms with Gasteiger partial charge in [-0.3, -0.25) is 9.59 Å². The molecule has 2 aromatic rings. The fourth-order valence-corrected chi connectivity index (χ4v) is 4.71. The van der Waals surface area contributed by atoms with E-state index in [1.807, 2.05) is 61.5 Å². The number of nitrogens with zero attached hydrogens (tertiary/aromatic N) is 1. The van der Waals surface area contributed by atoms with Gasteiger partial charge in [-0.2, -0.15) is 0 Å². The number of hydrogen-bond donors (Lipinski definition) is 1. The van der Waals surface area contributed by atoms with Gasteiger partial charge in [-0.05, 0) is 37.0 Å². The van der Waals surface area contributed by atoms with Crippen molar-refractivity contribution in [1.29, 1.82) is 0 Å². The van der Waals surface area contributed by atoms with Crippen molar-refractivity contribution in [2.45, 2.75) is 38.6 Å². The van der Waals surface area contributed by atoms with Gasteiger partial charge in [0, 0.05) is 17.9 Å². The van der Waals surface area contributed by atoms with Gasteiger partial charge in [0.25, 0.3) is 5.91 Å². The lowest BCUT2D eigenvalue weighted by Crippen LogP contribution is -2.48. The largest absolute Gasteiger partial charge is 0.354 e. The number of rotatable bonds is 6. The van der Waals surface area contributed by atoms with Gasteiger partial charge in [0.15, 0.2) is 0 Å². The van der Waals surface area contributed by atoms with E-state index < -0.39 is 6.04 Å². The smallest absolute Gasteiger partial charge is 0.255 e. The Balaban J connectivity index is 1.85. The van der Waals surface area contributed by atoms with Crippen molar-refractivity contribution < 1.29 is 9.59 Å². The summed E-state index contributed by atoms with van der Waals surface area (Å²) in [7, 11) is 0. The molecule has 3 rings (SSSR count). The number of carbonyl (C=O) groups excluding carboxylic acids is 2. The van der Waals surface area contributed by atoms with Crippen LogP contribution < -0.4 is 5.32 Å². The lowest BCUT2D eigenvalue weighted by atomic mass is 10.1. The monoisotopic (exact) mass is 396 g/mol. The maximum absolute atomic E-state index is 13.4. The molecular weight excluding hydrogens is 368 g/mol. The molecule has 0 saturated carbocycles. The molecule has 1 fully saturated rings. The van der Waals surface area contributed by atoms with E-state index in [2.05, 4.69) is 19.2 Å². The summed E-state index contributed by atoms with van der Waals surface area (Å²) in [5.74, 6) is 0.973. The molecule has 2 atom stereocenters. The van der Waals surface area contributed by atoms with E-state index >= 15 is 0 Å². The predicted molar refractivity (Wildman–Crippen MR) is 115 cm³/mol. The SMILES string of the molecule is Cc1ccc(C(=O)N2C(C(=O)NCCC(C)C)CSC2c2ccccc2)cc1. The second kappa shape index (κ2) is 9.28. The Morgan fingerprint density at radius 1 is 1.11 bits per heavy atom. The molecular formula is C23H28N2O2S. The first-order valence-electron chi connectivity index (χ1n) is 9.81. The summed E-state index contributed by atoms with van der Waals surface area (Å²) in [6.45, 7) is 6.91. The number of benzene rings is 2. The maximum atomic E-state index is 13.4. The highest BCUT2D eigenvalue weighted by atomic mass is 32.2. The van der Waals surface area contributed by atoms with Crippen molar-refractivity contribution in [3.8, 4) is 0 Å². The van der Waals surface area contributed by atoms with Crippen LogP contribution in [0.25, 0.3) is 0 Å². The molecule has 1 aliphatic rings. The Hall–Kier alpha value is -2.27. The number of hydrogen-bond acceptors (Lipinski definition) is 3. The van der Waals surface area contributed by atoms with Crippen LogP contribution in [0.3, 0.4) is 0 Å². The third kappa shape index (κ3) is 4.76. The Bertz CT molecular complexity index is 805. The quantitative estimate of drug-likeness (QED) is 0.787. The summed E-state index contributed by atoms with van der Waals surface area (Å²) >= 11 is 1.65. The van der Waals surface area contributed by atoms with E-state index in [0.717, 1.165) is 17.5 Å². The first-order chi connectivity index (χ1) is 13.5. The summed E-state index contributed by atoms with van der Waals surface area (Å²) < 4.78 is 0. The highest BCUT2D eigenvalue weighted by Gasteiger charge is 2.42. The average Bonchev–Trinajstić information content (AvgIpc) is 3.13. The average molecular weight is 397 g/mol. The van der Waals surface area contributed by atoms with E-state index in [1.54, 1.807) is 16.7 Å². The second-order valence-corrected chi connectivity index (χ2v) is 8.78. The minimum atomic E-state index is -0.462. The molecule has 2 aromatic carbocycles. The number of aryl methyl sites for hydroxylation is 1. The summed E-state index contributed by atoms with van der Waals surface area (Å²) in [6, 6.07) is 17.0. The van der Waals surface area contributed by atoms with E-state index in [-0.39, 0.29) is 17.2 Å². The van der Waals surface area contributed by atoms with Gasteiger partial charge in [-0.15, -0.1) is 11.8 Å². The molecule has 2 unspecified atom stereocenters. The normalized spacial score (nSPS) is 19.1. The number of thioether (sulfide) groups is 1. The van der Waals surface area contributed by atoms with Crippen molar-refractivity contribution in [3.63, 3.8) is 0 Å². The zero-order valence-corrected chi connectivity index (χ0v) is 17.5. The van der Waals surface area contributed by atoms with E-state index in [4.69, 9.17) is 0 Å². The third-order valence-corrected chi connectivity index (χ3v) is 6.26. The van der Waals surface area contributed by atoms with Gasteiger partial charge in [-0.1, -0.05) is 61.9 Å². The van der Waals surface area contributed by atoms with Crippen LogP contribution in [0.2, 0.25) is 0 Å². The molecule has 4 nitrogen and oxygen atoms in total. The minimum absolute atomic E-state index is 0.0629. The van der Waals surface area contributed by atoms with Gasteiger partial charge in [0.1, 0.15) is 11.4 Å². The zero-order chi connectivity index (χ0) is 20.1. The zero-order valence-electron chi connectivity index (χ0n) is 16.7. The highest BCUT2D eigenvalue weighted by molar-refractivity contribution is 7.99. The first-order valence-corrected chi connectivity index (χ1v) is 10.9. The van der Waals surface area contributed by atoms with Crippen molar-refractivity contribution in [1.82, 2.24) is 10.2 Å². The van der Waals surface area contributed by atoms with Gasteiger partial charge in [0.2, 0.25) is 5.91 Å². The molecule has 28 heavy (non-hydrogen) atoms. The molecule has 0 aliphatic carbocycles. The first kappa shape index (κ1) is 20.5. The van der Waals surface area contributed by atoms with Crippen LogP contribution in [0.4, 0.5) is 0 Å². The molecule has 5 heteroatoms.